The van der Waals surface area contributed by atoms with Crippen LogP contribution < -0.4 is 0 Å². The van der Waals surface area contributed by atoms with E-state index < -0.39 is 5.60 Å². The van der Waals surface area contributed by atoms with Crippen LogP contribution in [0.2, 0.25) is 0 Å². The first kappa shape index (κ1) is 11.1. The van der Waals surface area contributed by atoms with Gasteiger partial charge in [-0.15, -0.1) is 0 Å². The van der Waals surface area contributed by atoms with Crippen LogP contribution in [-0.2, 0) is 10.5 Å². The minimum absolute atomic E-state index is 0.0317. The Kier molecular flexibility index (Phi) is 2.33. The third kappa shape index (κ3) is 1.29. The van der Waals surface area contributed by atoms with E-state index in [0.717, 1.165) is 0 Å². The van der Waals surface area contributed by atoms with Gasteiger partial charge in [-0.3, -0.25) is 10.1 Å². The van der Waals surface area contributed by atoms with E-state index in [2.05, 4.69) is 0 Å². The molecule has 1 aliphatic carbocycles. The lowest BCUT2D eigenvalue weighted by Gasteiger charge is -2.34. The fraction of sp³-hybridized carbons (Fsp3) is 0.133. The summed E-state index contributed by atoms with van der Waals surface area (Å²) in [6.45, 7) is 1.76. The summed E-state index contributed by atoms with van der Waals surface area (Å²) in [7, 11) is 0. The summed E-state index contributed by atoms with van der Waals surface area (Å²) in [6, 6.07) is 14.4. The van der Waals surface area contributed by atoms with Crippen molar-refractivity contribution in [2.45, 2.75) is 12.5 Å². The molecule has 0 fully saturated rings. The van der Waals surface area contributed by atoms with Crippen LogP contribution >= 0.6 is 0 Å². The molecule has 1 N–H and O–H groups in total. The van der Waals surface area contributed by atoms with E-state index in [1.54, 1.807) is 31.2 Å². The molecule has 3 nitrogen and oxygen atoms in total. The molecule has 0 aromatic heterocycles. The average Bonchev–Trinajstić information content (AvgIpc) is 2.45. The second-order valence-electron chi connectivity index (χ2n) is 4.54. The van der Waals surface area contributed by atoms with Crippen molar-refractivity contribution in [1.82, 2.24) is 0 Å². The Balaban J connectivity index is 2.38. The fourth-order valence-electron chi connectivity index (χ4n) is 2.58. The van der Waals surface area contributed by atoms with Gasteiger partial charge in [0, 0.05) is 22.3 Å². The van der Waals surface area contributed by atoms with E-state index in [-0.39, 0.29) is 5.78 Å². The van der Waals surface area contributed by atoms with Gasteiger partial charge in [-0.25, -0.2) is 4.89 Å². The van der Waals surface area contributed by atoms with E-state index >= 15 is 0 Å². The van der Waals surface area contributed by atoms with Gasteiger partial charge >= 0.3 is 0 Å². The van der Waals surface area contributed by atoms with Crippen molar-refractivity contribution in [3.8, 4) is 0 Å². The highest BCUT2D eigenvalue weighted by molar-refractivity contribution is 6.13. The molecule has 0 amide bonds. The maximum atomic E-state index is 12.4. The molecule has 0 bridgehead atoms. The maximum absolute atomic E-state index is 12.4. The van der Waals surface area contributed by atoms with Crippen molar-refractivity contribution in [1.29, 1.82) is 0 Å². The zero-order valence-corrected chi connectivity index (χ0v) is 9.88. The SMILES string of the molecule is CC1(OO)c2ccccc2C(=O)c2ccccc21. The van der Waals surface area contributed by atoms with E-state index in [1.807, 2.05) is 24.3 Å². The van der Waals surface area contributed by atoms with E-state index in [1.165, 1.54) is 0 Å². The van der Waals surface area contributed by atoms with E-state index in [9.17, 15) is 10.1 Å². The summed E-state index contributed by atoms with van der Waals surface area (Å²) in [5, 5.41) is 9.32. The topological polar surface area (TPSA) is 46.5 Å². The first-order chi connectivity index (χ1) is 8.68. The molecule has 0 spiro atoms. The smallest absolute Gasteiger partial charge is 0.193 e. The van der Waals surface area contributed by atoms with Gasteiger partial charge in [-0.05, 0) is 6.92 Å². The largest absolute Gasteiger partial charge is 0.289 e. The Bertz CT molecular complexity index is 582. The Morgan fingerprint density at radius 1 is 0.944 bits per heavy atom. The molecule has 0 aliphatic heterocycles. The molecule has 0 heterocycles. The summed E-state index contributed by atoms with van der Waals surface area (Å²) < 4.78 is 0. The second kappa shape index (κ2) is 3.77. The van der Waals surface area contributed by atoms with Crippen LogP contribution in [0.1, 0.15) is 34.0 Å². The predicted octanol–water partition coefficient (Wildman–Crippen LogP) is 2.98. The van der Waals surface area contributed by atoms with Gasteiger partial charge < -0.3 is 0 Å². The van der Waals surface area contributed by atoms with Crippen molar-refractivity contribution >= 4 is 5.78 Å². The van der Waals surface area contributed by atoms with Gasteiger partial charge in [0.05, 0.1) is 0 Å². The summed E-state index contributed by atoms with van der Waals surface area (Å²) in [6.07, 6.45) is 0. The summed E-state index contributed by atoms with van der Waals surface area (Å²) in [4.78, 5) is 17.1. The van der Waals surface area contributed by atoms with E-state index in [0.29, 0.717) is 22.3 Å². The molecule has 0 unspecified atom stereocenters. The summed E-state index contributed by atoms with van der Waals surface area (Å²) in [5.41, 5.74) is 1.54. The van der Waals surface area contributed by atoms with Gasteiger partial charge in [0.2, 0.25) is 0 Å². The molecule has 0 saturated carbocycles. The number of benzene rings is 2. The average molecular weight is 240 g/mol. The summed E-state index contributed by atoms with van der Waals surface area (Å²) in [5.74, 6) is -0.0317. The fourth-order valence-corrected chi connectivity index (χ4v) is 2.58. The minimum atomic E-state index is -0.999. The highest BCUT2D eigenvalue weighted by Gasteiger charge is 2.41. The zero-order chi connectivity index (χ0) is 12.8. The van der Waals surface area contributed by atoms with Crippen LogP contribution in [0.3, 0.4) is 0 Å². The Labute approximate surface area is 105 Å². The standard InChI is InChI=1S/C15H12O3/c1-15(18-17)12-8-4-2-6-10(12)14(16)11-7-3-5-9-13(11)15/h2-9,17H,1H3. The van der Waals surface area contributed by atoms with Crippen molar-refractivity contribution in [3.63, 3.8) is 0 Å². The normalized spacial score (nSPS) is 16.0. The van der Waals surface area contributed by atoms with Gasteiger partial charge in [0.1, 0.15) is 0 Å². The van der Waals surface area contributed by atoms with Gasteiger partial charge in [-0.1, -0.05) is 48.5 Å². The first-order valence-electron chi connectivity index (χ1n) is 5.75. The zero-order valence-electron chi connectivity index (χ0n) is 9.88. The van der Waals surface area contributed by atoms with E-state index in [4.69, 9.17) is 4.89 Å². The molecule has 0 saturated heterocycles. The molecular formula is C15H12O3. The molecule has 3 heteroatoms. The lowest BCUT2D eigenvalue weighted by atomic mass is 9.75. The molecule has 90 valence electrons. The number of hydrogen-bond acceptors (Lipinski definition) is 3. The lowest BCUT2D eigenvalue weighted by Crippen LogP contribution is -2.34. The van der Waals surface area contributed by atoms with Gasteiger partial charge in [0.15, 0.2) is 11.4 Å². The van der Waals surface area contributed by atoms with Gasteiger partial charge in [0.25, 0.3) is 0 Å². The molecular weight excluding hydrogens is 228 g/mol. The maximum Gasteiger partial charge on any atom is 0.193 e. The highest BCUT2D eigenvalue weighted by atomic mass is 17.1. The second-order valence-corrected chi connectivity index (χ2v) is 4.54. The monoisotopic (exact) mass is 240 g/mol. The van der Waals surface area contributed by atoms with Crippen LogP contribution in [0.25, 0.3) is 0 Å². The van der Waals surface area contributed by atoms with Crippen molar-refractivity contribution in [2.75, 3.05) is 0 Å². The number of ketones is 1. The Morgan fingerprint density at radius 3 is 1.83 bits per heavy atom. The Morgan fingerprint density at radius 2 is 1.39 bits per heavy atom. The molecule has 2 aromatic carbocycles. The molecule has 2 aromatic rings. The molecule has 0 radical (unpaired) electrons. The number of hydrogen-bond donors (Lipinski definition) is 1. The third-order valence-corrected chi connectivity index (χ3v) is 3.55. The number of carbonyl (C=O) groups excluding carboxylic acids is 1. The van der Waals surface area contributed by atoms with Crippen molar-refractivity contribution < 1.29 is 14.9 Å². The van der Waals surface area contributed by atoms with Crippen molar-refractivity contribution in [2.24, 2.45) is 0 Å². The van der Waals surface area contributed by atoms with Crippen molar-refractivity contribution in [3.05, 3.63) is 70.8 Å². The van der Waals surface area contributed by atoms with Crippen LogP contribution in [0.4, 0.5) is 0 Å². The third-order valence-electron chi connectivity index (χ3n) is 3.55. The number of carbonyl (C=O) groups is 1. The number of fused-ring (bicyclic) bond motifs is 2. The molecule has 1 aliphatic rings. The van der Waals surface area contributed by atoms with Crippen LogP contribution in [0, 0.1) is 0 Å². The van der Waals surface area contributed by atoms with Crippen LogP contribution in [0.5, 0.6) is 0 Å². The first-order valence-corrected chi connectivity index (χ1v) is 5.75. The van der Waals surface area contributed by atoms with Crippen LogP contribution in [-0.4, -0.2) is 11.0 Å². The number of rotatable bonds is 1. The highest BCUT2D eigenvalue weighted by Crippen LogP contribution is 2.41. The quantitative estimate of drug-likeness (QED) is 0.615. The molecule has 3 rings (SSSR count). The van der Waals surface area contributed by atoms with Gasteiger partial charge in [-0.2, -0.15) is 0 Å². The minimum Gasteiger partial charge on any atom is -0.289 e. The molecule has 18 heavy (non-hydrogen) atoms. The van der Waals surface area contributed by atoms with Crippen LogP contribution in [0.15, 0.2) is 48.5 Å². The summed E-state index contributed by atoms with van der Waals surface area (Å²) >= 11 is 0. The molecule has 0 atom stereocenters. The predicted molar refractivity (Wildman–Crippen MR) is 66.5 cm³/mol. The Hall–Kier alpha value is -1.97. The lowest BCUT2D eigenvalue weighted by molar-refractivity contribution is -0.310.